The highest BCUT2D eigenvalue weighted by Gasteiger charge is 2.40. The van der Waals surface area contributed by atoms with Gasteiger partial charge in [-0.1, -0.05) is 30.4 Å². The second kappa shape index (κ2) is 4.45. The van der Waals surface area contributed by atoms with Gasteiger partial charge in [0, 0.05) is 18.7 Å². The fourth-order valence-electron chi connectivity index (χ4n) is 2.70. The first-order chi connectivity index (χ1) is 9.83. The van der Waals surface area contributed by atoms with Crippen LogP contribution in [0.2, 0.25) is 0 Å². The molecule has 0 spiro atoms. The van der Waals surface area contributed by atoms with Crippen LogP contribution in [0.25, 0.3) is 5.70 Å². The van der Waals surface area contributed by atoms with Crippen molar-refractivity contribution in [2.24, 2.45) is 11.8 Å². The second-order valence-corrected chi connectivity index (χ2v) is 5.55. The Morgan fingerprint density at radius 2 is 2.20 bits per heavy atom. The van der Waals surface area contributed by atoms with Crippen molar-refractivity contribution in [1.29, 1.82) is 0 Å². The van der Waals surface area contributed by atoms with E-state index >= 15 is 0 Å². The van der Waals surface area contributed by atoms with Crippen LogP contribution in [0.3, 0.4) is 0 Å². The van der Waals surface area contributed by atoms with Gasteiger partial charge >= 0.3 is 0 Å². The monoisotopic (exact) mass is 284 g/mol. The first-order valence-electron chi connectivity index (χ1n) is 6.71. The van der Waals surface area contributed by atoms with E-state index in [1.807, 2.05) is 34.9 Å². The van der Waals surface area contributed by atoms with E-state index in [9.17, 15) is 0 Å². The smallest absolute Gasteiger partial charge is 0.231 e. The van der Waals surface area contributed by atoms with Gasteiger partial charge < -0.3 is 5.32 Å². The Hall–Kier alpha value is -2.14. The third kappa shape index (κ3) is 1.91. The fraction of sp³-hybridized carbons (Fsp3) is 0.200. The highest BCUT2D eigenvalue weighted by atomic mass is 32.1. The Balaban J connectivity index is 0.00000132. The van der Waals surface area contributed by atoms with Crippen LogP contribution in [0, 0.1) is 16.6 Å². The molecule has 1 aromatic carbocycles. The van der Waals surface area contributed by atoms with Crippen molar-refractivity contribution in [2.75, 3.05) is 5.32 Å². The van der Waals surface area contributed by atoms with E-state index in [4.69, 9.17) is 12.2 Å². The van der Waals surface area contributed by atoms with Crippen molar-refractivity contribution in [3.63, 3.8) is 0 Å². The fourth-order valence-corrected chi connectivity index (χ4v) is 2.94. The molecule has 0 bridgehead atoms. The van der Waals surface area contributed by atoms with Crippen LogP contribution in [0.5, 0.6) is 0 Å². The zero-order valence-corrected chi connectivity index (χ0v) is 11.6. The zero-order valence-electron chi connectivity index (χ0n) is 10.8. The predicted molar refractivity (Wildman–Crippen MR) is 84.3 cm³/mol. The van der Waals surface area contributed by atoms with E-state index in [1.165, 1.54) is 12.1 Å². The number of nitrogens with zero attached hydrogens (tertiary/aromatic N) is 2. The standard InChI is InChI=1S/C15H14N4S.H2/c20-15-18-17-14(16-11-6-2-1-3-7-11)19(15)13-8-4-5-10-9-12(10)13;/h1-8,10,12H,9H2,(H,16,17)(H,18,20);1H. The summed E-state index contributed by atoms with van der Waals surface area (Å²) in [5.41, 5.74) is 2.23. The van der Waals surface area contributed by atoms with Crippen LogP contribution in [-0.2, 0) is 0 Å². The lowest BCUT2D eigenvalue weighted by molar-refractivity contribution is 0.897. The molecule has 4 rings (SSSR count). The molecule has 2 aliphatic carbocycles. The summed E-state index contributed by atoms with van der Waals surface area (Å²) in [6.45, 7) is 0. The van der Waals surface area contributed by atoms with E-state index < -0.39 is 0 Å². The number of anilines is 2. The minimum absolute atomic E-state index is 0. The van der Waals surface area contributed by atoms with Crippen molar-refractivity contribution >= 4 is 29.6 Å². The topological polar surface area (TPSA) is 45.6 Å². The highest BCUT2D eigenvalue weighted by Crippen LogP contribution is 2.49. The van der Waals surface area contributed by atoms with Crippen LogP contribution >= 0.6 is 12.2 Å². The quantitative estimate of drug-likeness (QED) is 0.838. The molecule has 2 N–H and O–H groups in total. The molecule has 1 saturated carbocycles. The van der Waals surface area contributed by atoms with E-state index in [0.717, 1.165) is 11.6 Å². The molecule has 102 valence electrons. The number of nitrogens with one attached hydrogen (secondary N) is 2. The lowest BCUT2D eigenvalue weighted by Crippen LogP contribution is -2.06. The van der Waals surface area contributed by atoms with Crippen LogP contribution in [-0.4, -0.2) is 14.8 Å². The van der Waals surface area contributed by atoms with Crippen LogP contribution in [0.1, 0.15) is 7.85 Å². The Morgan fingerprint density at radius 1 is 1.35 bits per heavy atom. The van der Waals surface area contributed by atoms with Crippen molar-refractivity contribution in [1.82, 2.24) is 14.8 Å². The van der Waals surface area contributed by atoms with Gasteiger partial charge in [-0.2, -0.15) is 0 Å². The molecule has 20 heavy (non-hydrogen) atoms. The van der Waals surface area contributed by atoms with Gasteiger partial charge in [-0.25, -0.2) is 5.10 Å². The molecule has 2 aliphatic rings. The van der Waals surface area contributed by atoms with Gasteiger partial charge in [0.2, 0.25) is 10.7 Å². The minimum Gasteiger partial charge on any atom is -0.324 e. The van der Waals surface area contributed by atoms with Gasteiger partial charge in [-0.3, -0.25) is 4.57 Å². The molecule has 0 aliphatic heterocycles. The maximum absolute atomic E-state index is 5.38. The lowest BCUT2D eigenvalue weighted by Gasteiger charge is -2.13. The molecule has 1 aromatic heterocycles. The number of hydrogen-bond donors (Lipinski definition) is 2. The second-order valence-electron chi connectivity index (χ2n) is 5.16. The first-order valence-corrected chi connectivity index (χ1v) is 7.12. The molecular weight excluding hydrogens is 268 g/mol. The molecule has 0 amide bonds. The maximum atomic E-state index is 5.38. The maximum Gasteiger partial charge on any atom is 0.231 e. The summed E-state index contributed by atoms with van der Waals surface area (Å²) in [6.07, 6.45) is 7.72. The number of aromatic nitrogens is 3. The molecule has 5 heteroatoms. The first kappa shape index (κ1) is 11.7. The largest absolute Gasteiger partial charge is 0.324 e. The Morgan fingerprint density at radius 3 is 3.05 bits per heavy atom. The van der Waals surface area contributed by atoms with Crippen molar-refractivity contribution in [3.8, 4) is 0 Å². The van der Waals surface area contributed by atoms with Crippen LogP contribution in [0.4, 0.5) is 11.6 Å². The molecule has 2 atom stereocenters. The van der Waals surface area contributed by atoms with Crippen molar-refractivity contribution in [3.05, 3.63) is 53.3 Å². The molecular formula is C15H16N4S. The lowest BCUT2D eigenvalue weighted by atomic mass is 10.1. The van der Waals surface area contributed by atoms with E-state index in [-0.39, 0.29) is 1.43 Å². The number of para-hydroxylation sites is 1. The molecule has 4 nitrogen and oxygen atoms in total. The molecule has 2 unspecified atom stereocenters. The summed E-state index contributed by atoms with van der Waals surface area (Å²) in [6, 6.07) is 10.0. The third-order valence-corrected chi connectivity index (χ3v) is 4.08. The Bertz CT molecular complexity index is 759. The van der Waals surface area contributed by atoms with Gasteiger partial charge in [-0.15, -0.1) is 5.10 Å². The normalized spacial score (nSPS) is 23.1. The zero-order chi connectivity index (χ0) is 13.5. The van der Waals surface area contributed by atoms with Crippen LogP contribution < -0.4 is 5.32 Å². The summed E-state index contributed by atoms with van der Waals surface area (Å²) >= 11 is 5.38. The molecule has 0 saturated heterocycles. The predicted octanol–water partition coefficient (Wildman–Crippen LogP) is 3.98. The Labute approximate surface area is 123 Å². The summed E-state index contributed by atoms with van der Waals surface area (Å²) in [4.78, 5) is 0. The van der Waals surface area contributed by atoms with E-state index in [0.29, 0.717) is 16.6 Å². The Kier molecular flexibility index (Phi) is 2.60. The number of fused-ring (bicyclic) bond motifs is 1. The minimum atomic E-state index is 0. The summed E-state index contributed by atoms with van der Waals surface area (Å²) in [5, 5.41) is 10.5. The SMILES string of the molecule is S=c1[nH]nc(Nc2ccccc2)n1C1=CC=CC2CC12.[HH]. The number of hydrogen-bond acceptors (Lipinski definition) is 3. The highest BCUT2D eigenvalue weighted by molar-refractivity contribution is 7.71. The van der Waals surface area contributed by atoms with Gasteiger partial charge in [0.25, 0.3) is 0 Å². The molecule has 1 fully saturated rings. The van der Waals surface area contributed by atoms with E-state index in [2.05, 4.69) is 33.7 Å². The summed E-state index contributed by atoms with van der Waals surface area (Å²) in [7, 11) is 0. The van der Waals surface area contributed by atoms with Crippen LogP contribution in [0.15, 0.2) is 48.6 Å². The number of rotatable bonds is 3. The average molecular weight is 284 g/mol. The average Bonchev–Trinajstić information content (AvgIpc) is 3.19. The number of H-pyrrole nitrogens is 1. The molecule has 1 heterocycles. The third-order valence-electron chi connectivity index (χ3n) is 3.81. The van der Waals surface area contributed by atoms with Gasteiger partial charge in [0.1, 0.15) is 0 Å². The van der Waals surface area contributed by atoms with Gasteiger partial charge in [0.05, 0.1) is 0 Å². The number of benzene rings is 1. The van der Waals surface area contributed by atoms with Crippen molar-refractivity contribution < 1.29 is 1.43 Å². The van der Waals surface area contributed by atoms with Gasteiger partial charge in [0.15, 0.2) is 0 Å². The number of aromatic amines is 1. The summed E-state index contributed by atoms with van der Waals surface area (Å²) in [5.74, 6) is 2.00. The molecule has 2 aromatic rings. The van der Waals surface area contributed by atoms with Crippen molar-refractivity contribution in [2.45, 2.75) is 6.42 Å². The molecule has 0 radical (unpaired) electrons. The summed E-state index contributed by atoms with van der Waals surface area (Å²) < 4.78 is 2.65. The number of allylic oxidation sites excluding steroid dienone is 4. The van der Waals surface area contributed by atoms with Gasteiger partial charge in [-0.05, 0) is 42.8 Å². The van der Waals surface area contributed by atoms with E-state index in [1.54, 1.807) is 0 Å².